The molecule has 3 aromatic rings. The first-order chi connectivity index (χ1) is 15.3. The summed E-state index contributed by atoms with van der Waals surface area (Å²) in [5.41, 5.74) is 1.96. The molecule has 2 aromatic carbocycles. The summed E-state index contributed by atoms with van der Waals surface area (Å²) in [6.45, 7) is -0.303. The number of nitrogens with zero attached hydrogens (tertiary/aromatic N) is 3. The lowest BCUT2D eigenvalue weighted by atomic mass is 9.93. The lowest BCUT2D eigenvalue weighted by Gasteiger charge is -2.30. The van der Waals surface area contributed by atoms with E-state index in [1.165, 1.54) is 29.1 Å². The maximum atomic E-state index is 13.3. The van der Waals surface area contributed by atoms with Crippen molar-refractivity contribution < 1.29 is 23.1 Å². The fourth-order valence-electron chi connectivity index (χ4n) is 3.97. The minimum atomic E-state index is -4.13. The molecule has 0 spiro atoms. The smallest absolute Gasteiger partial charge is 0.325 e. The highest BCUT2D eigenvalue weighted by atomic mass is 32.2. The van der Waals surface area contributed by atoms with Crippen LogP contribution in [0.3, 0.4) is 0 Å². The van der Waals surface area contributed by atoms with Gasteiger partial charge in [-0.2, -0.15) is 5.10 Å². The van der Waals surface area contributed by atoms with Crippen LogP contribution < -0.4 is 5.84 Å². The van der Waals surface area contributed by atoms with Gasteiger partial charge in [0, 0.05) is 22.4 Å². The van der Waals surface area contributed by atoms with Gasteiger partial charge < -0.3 is 5.11 Å². The van der Waals surface area contributed by atoms with Crippen LogP contribution >= 0.6 is 0 Å². The Kier molecular flexibility index (Phi) is 5.92. The SMILES string of the molecule is NN(C1CCCc2c1cnn2CC(=O)O)S(=O)(=O)c1cccc(C(=O)c2ccccc2)c1. The second-order valence-corrected chi connectivity index (χ2v) is 9.41. The van der Waals surface area contributed by atoms with Crippen molar-refractivity contribution in [1.29, 1.82) is 0 Å². The van der Waals surface area contributed by atoms with Crippen LogP contribution in [0.25, 0.3) is 0 Å². The molecule has 1 aliphatic carbocycles. The van der Waals surface area contributed by atoms with E-state index in [1.54, 1.807) is 36.4 Å². The van der Waals surface area contributed by atoms with Crippen LogP contribution in [-0.4, -0.2) is 39.5 Å². The number of aliphatic carboxylic acids is 1. The predicted molar refractivity (Wildman–Crippen MR) is 115 cm³/mol. The van der Waals surface area contributed by atoms with Gasteiger partial charge in [0.15, 0.2) is 5.78 Å². The molecule has 0 saturated heterocycles. The number of sulfonamides is 1. The number of carbonyl (C=O) groups excluding carboxylic acids is 1. The second-order valence-electron chi connectivity index (χ2n) is 7.56. The van der Waals surface area contributed by atoms with Crippen molar-refractivity contribution >= 4 is 21.8 Å². The molecule has 1 aliphatic rings. The number of aromatic nitrogens is 2. The Morgan fingerprint density at radius 3 is 2.56 bits per heavy atom. The average Bonchev–Trinajstić information content (AvgIpc) is 3.21. The Balaban J connectivity index is 1.65. The number of rotatable bonds is 7. The van der Waals surface area contributed by atoms with E-state index in [0.29, 0.717) is 36.1 Å². The van der Waals surface area contributed by atoms with Crippen LogP contribution in [0.15, 0.2) is 65.7 Å². The van der Waals surface area contributed by atoms with Crippen LogP contribution in [0.4, 0.5) is 0 Å². The minimum Gasteiger partial charge on any atom is -0.480 e. The van der Waals surface area contributed by atoms with Gasteiger partial charge in [-0.15, -0.1) is 4.41 Å². The monoisotopic (exact) mass is 454 g/mol. The number of carboxylic acid groups (broad SMARTS) is 1. The van der Waals surface area contributed by atoms with Gasteiger partial charge in [0.05, 0.1) is 17.1 Å². The molecular weight excluding hydrogens is 432 g/mol. The number of hydrogen-bond donors (Lipinski definition) is 2. The highest BCUT2D eigenvalue weighted by Crippen LogP contribution is 2.35. The first-order valence-electron chi connectivity index (χ1n) is 10.0. The molecule has 4 rings (SSSR count). The third-order valence-electron chi connectivity index (χ3n) is 5.53. The standard InChI is InChI=1S/C22H22N4O5S/c23-26(20-11-5-10-19-18(20)13-24-25(19)14-21(27)28)32(30,31)17-9-4-8-16(12-17)22(29)15-6-2-1-3-7-15/h1-4,6-9,12-13,20H,5,10-11,14,23H2,(H,27,28). The third-order valence-corrected chi connectivity index (χ3v) is 7.19. The highest BCUT2D eigenvalue weighted by Gasteiger charge is 2.35. The number of carbonyl (C=O) groups is 2. The van der Waals surface area contributed by atoms with E-state index < -0.39 is 22.0 Å². The number of carboxylic acids is 1. The summed E-state index contributed by atoms with van der Waals surface area (Å²) in [6, 6.07) is 13.7. The van der Waals surface area contributed by atoms with Crippen molar-refractivity contribution in [1.82, 2.24) is 14.2 Å². The zero-order chi connectivity index (χ0) is 22.9. The lowest BCUT2D eigenvalue weighted by molar-refractivity contribution is -0.137. The maximum absolute atomic E-state index is 13.3. The van der Waals surface area contributed by atoms with E-state index in [9.17, 15) is 18.0 Å². The molecule has 32 heavy (non-hydrogen) atoms. The van der Waals surface area contributed by atoms with Crippen molar-refractivity contribution in [2.45, 2.75) is 36.7 Å². The van der Waals surface area contributed by atoms with E-state index in [2.05, 4.69) is 5.10 Å². The molecule has 0 aliphatic heterocycles. The van der Waals surface area contributed by atoms with Gasteiger partial charge in [0.2, 0.25) is 0 Å². The Bertz CT molecular complexity index is 1270. The average molecular weight is 455 g/mol. The molecule has 0 radical (unpaired) electrons. The lowest BCUT2D eigenvalue weighted by Crippen LogP contribution is -2.41. The number of nitrogens with two attached hydrogens (primary N) is 1. The van der Waals surface area contributed by atoms with Crippen LogP contribution in [0.1, 0.15) is 46.1 Å². The normalized spacial score (nSPS) is 16.0. The molecule has 166 valence electrons. The summed E-state index contributed by atoms with van der Waals surface area (Å²) < 4.78 is 28.8. The summed E-state index contributed by atoms with van der Waals surface area (Å²) in [4.78, 5) is 23.7. The quantitative estimate of drug-likeness (QED) is 0.317. The van der Waals surface area contributed by atoms with Gasteiger partial charge in [0.1, 0.15) is 6.54 Å². The number of benzene rings is 2. The third kappa shape index (κ3) is 4.07. The molecule has 3 N–H and O–H groups in total. The van der Waals surface area contributed by atoms with Gasteiger partial charge in [-0.05, 0) is 31.4 Å². The summed E-state index contributed by atoms with van der Waals surface area (Å²) in [6.07, 6.45) is 3.18. The van der Waals surface area contributed by atoms with Crippen molar-refractivity contribution in [3.05, 3.63) is 83.2 Å². The van der Waals surface area contributed by atoms with Crippen LogP contribution in [0.5, 0.6) is 0 Å². The first kappa shape index (κ1) is 21.9. The van der Waals surface area contributed by atoms with Gasteiger partial charge in [-0.25, -0.2) is 8.42 Å². The van der Waals surface area contributed by atoms with Crippen molar-refractivity contribution in [2.24, 2.45) is 5.84 Å². The summed E-state index contributed by atoms with van der Waals surface area (Å²) >= 11 is 0. The van der Waals surface area contributed by atoms with Gasteiger partial charge in [-0.1, -0.05) is 42.5 Å². The fraction of sp³-hybridized carbons (Fsp3) is 0.227. The molecular formula is C22H22N4O5S. The van der Waals surface area contributed by atoms with E-state index in [4.69, 9.17) is 10.9 Å². The Morgan fingerprint density at radius 1 is 1.12 bits per heavy atom. The zero-order valence-electron chi connectivity index (χ0n) is 17.1. The van der Waals surface area contributed by atoms with Gasteiger partial charge in [-0.3, -0.25) is 20.1 Å². The second kappa shape index (κ2) is 8.65. The molecule has 0 fully saturated rings. The van der Waals surface area contributed by atoms with Gasteiger partial charge >= 0.3 is 5.97 Å². The molecule has 10 heteroatoms. The molecule has 0 saturated carbocycles. The molecule has 9 nitrogen and oxygen atoms in total. The molecule has 1 aromatic heterocycles. The summed E-state index contributed by atoms with van der Waals surface area (Å²) in [7, 11) is -4.13. The number of fused-ring (bicyclic) bond motifs is 1. The molecule has 1 unspecified atom stereocenters. The Hall–Kier alpha value is -3.34. The van der Waals surface area contributed by atoms with Crippen LogP contribution in [-0.2, 0) is 27.8 Å². The van der Waals surface area contributed by atoms with Crippen molar-refractivity contribution in [2.75, 3.05) is 0 Å². The number of hydrogen-bond acceptors (Lipinski definition) is 6. The minimum absolute atomic E-state index is 0.0909. The van der Waals surface area contributed by atoms with E-state index in [-0.39, 0.29) is 22.8 Å². The molecule has 0 amide bonds. The maximum Gasteiger partial charge on any atom is 0.325 e. The van der Waals surface area contributed by atoms with Crippen LogP contribution in [0, 0.1) is 0 Å². The van der Waals surface area contributed by atoms with E-state index >= 15 is 0 Å². The Labute approximate surface area is 185 Å². The van der Waals surface area contributed by atoms with Crippen molar-refractivity contribution in [3.8, 4) is 0 Å². The number of hydrazine groups is 1. The largest absolute Gasteiger partial charge is 0.480 e. The zero-order valence-corrected chi connectivity index (χ0v) is 17.9. The summed E-state index contributed by atoms with van der Waals surface area (Å²) in [5.74, 6) is 4.81. The van der Waals surface area contributed by atoms with E-state index in [1.807, 2.05) is 0 Å². The number of ketones is 1. The van der Waals surface area contributed by atoms with Gasteiger partial charge in [0.25, 0.3) is 10.0 Å². The summed E-state index contributed by atoms with van der Waals surface area (Å²) in [5, 5.41) is 13.2. The molecule has 1 atom stereocenters. The molecule has 0 bridgehead atoms. The fourth-order valence-corrected chi connectivity index (χ4v) is 5.29. The van der Waals surface area contributed by atoms with Crippen LogP contribution in [0.2, 0.25) is 0 Å². The van der Waals surface area contributed by atoms with E-state index in [0.717, 1.165) is 4.41 Å². The first-order valence-corrected chi connectivity index (χ1v) is 11.5. The predicted octanol–water partition coefficient (Wildman–Crippen LogP) is 2.14. The highest BCUT2D eigenvalue weighted by molar-refractivity contribution is 7.89. The Morgan fingerprint density at radius 2 is 1.84 bits per heavy atom. The molecule has 1 heterocycles. The van der Waals surface area contributed by atoms with Crippen molar-refractivity contribution in [3.63, 3.8) is 0 Å². The topological polar surface area (TPSA) is 136 Å².